The molecule has 8 rings (SSSR count). The molecule has 0 radical (unpaired) electrons. The van der Waals surface area contributed by atoms with Crippen molar-refractivity contribution < 1.29 is 46.3 Å². The Morgan fingerprint density at radius 2 is 0.836 bits per heavy atom. The predicted molar refractivity (Wildman–Crippen MR) is 215 cm³/mol. The van der Waals surface area contributed by atoms with Gasteiger partial charge in [-0.05, 0) is 0 Å². The van der Waals surface area contributed by atoms with Crippen LogP contribution in [0.25, 0.3) is 34.4 Å². The Morgan fingerprint density at radius 3 is 1.15 bits per heavy atom. The van der Waals surface area contributed by atoms with Crippen LogP contribution in [0.15, 0.2) is 96.1 Å². The maximum absolute atomic E-state index is 13.6. The van der Waals surface area contributed by atoms with Crippen molar-refractivity contribution in [1.29, 1.82) is 0 Å². The van der Waals surface area contributed by atoms with Crippen LogP contribution in [-0.4, -0.2) is 0 Å². The van der Waals surface area contributed by atoms with Crippen LogP contribution in [0.1, 0.15) is 108 Å². The molecular weight excluding hydrogens is 916 g/mol. The minimum absolute atomic E-state index is 0. The predicted octanol–water partition coefficient (Wildman–Crippen LogP) is 15.9. The van der Waals surface area contributed by atoms with E-state index in [1.807, 2.05) is 0 Å². The zero-order valence-electron chi connectivity index (χ0n) is 32.0. The Hall–Kier alpha value is -2.61. The first-order valence-corrected chi connectivity index (χ1v) is 27.2. The van der Waals surface area contributed by atoms with Crippen LogP contribution in [-0.2, 0) is 32.3 Å². The van der Waals surface area contributed by atoms with E-state index in [0.717, 1.165) is 33.4 Å². The van der Waals surface area contributed by atoms with Crippen LogP contribution in [0, 0.1) is 10.8 Å². The Labute approximate surface area is 338 Å². The van der Waals surface area contributed by atoms with E-state index in [0.29, 0.717) is 14.7 Å². The Bertz CT molecular complexity index is 1990. The SMILES string of the molecule is CC(C)(C)C1=Cc2c(-c3ccc(C(F)(F)F)cc3)cccc2[CH]1[Hf]1([CH]2C(C(C)(C)C)=Cc3c(-c4ccc(C(F)(F)F)cc4)cccc32)[CH]2CCCC[CH]21.Cl.Cl. The van der Waals surface area contributed by atoms with Crippen molar-refractivity contribution in [2.45, 2.75) is 94.3 Å². The smallest absolute Gasteiger partial charge is 0.147 e. The Morgan fingerprint density at radius 1 is 0.491 bits per heavy atom. The van der Waals surface area contributed by atoms with Crippen LogP contribution in [0.2, 0.25) is 7.35 Å². The topological polar surface area (TPSA) is 0 Å². The molecule has 1 aliphatic heterocycles. The van der Waals surface area contributed by atoms with Crippen LogP contribution in [0.3, 0.4) is 0 Å². The second-order valence-electron chi connectivity index (χ2n) is 17.8. The zero-order valence-corrected chi connectivity index (χ0v) is 37.2. The van der Waals surface area contributed by atoms with E-state index in [2.05, 4.69) is 90.1 Å². The summed E-state index contributed by atoms with van der Waals surface area (Å²) in [5, 5.41) is 0. The molecule has 2 fully saturated rings. The van der Waals surface area contributed by atoms with E-state index in [1.165, 1.54) is 72.2 Å². The number of alkyl halides is 6. The molecule has 4 atom stereocenters. The molecule has 292 valence electrons. The maximum atomic E-state index is 13.6. The van der Waals surface area contributed by atoms with Crippen molar-refractivity contribution in [3.8, 4) is 22.3 Å². The summed E-state index contributed by atoms with van der Waals surface area (Å²) in [6, 6.07) is 24.2. The fourth-order valence-electron chi connectivity index (χ4n) is 10.6. The maximum Gasteiger partial charge on any atom is -0.147 e. The van der Waals surface area contributed by atoms with Gasteiger partial charge in [-0.1, -0.05) is 0 Å². The van der Waals surface area contributed by atoms with Crippen molar-refractivity contribution in [2.75, 3.05) is 0 Å². The molecule has 3 aliphatic carbocycles. The number of hydrogen-bond acceptors (Lipinski definition) is 0. The summed E-state index contributed by atoms with van der Waals surface area (Å²) >= 11 is -3.73. The van der Waals surface area contributed by atoms with E-state index in [9.17, 15) is 26.3 Å². The average Bonchev–Trinajstić information content (AvgIpc) is 3.35. The van der Waals surface area contributed by atoms with Crippen LogP contribution in [0.5, 0.6) is 0 Å². The first-order chi connectivity index (χ1) is 24.8. The van der Waals surface area contributed by atoms with Crippen molar-refractivity contribution in [1.82, 2.24) is 0 Å². The summed E-state index contributed by atoms with van der Waals surface area (Å²) < 4.78 is 83.4. The average molecular weight is 964 g/mol. The van der Waals surface area contributed by atoms with E-state index < -0.39 is 43.4 Å². The van der Waals surface area contributed by atoms with Gasteiger partial charge in [-0.15, -0.1) is 24.8 Å². The van der Waals surface area contributed by atoms with Crippen molar-refractivity contribution in [3.05, 3.63) is 129 Å². The molecule has 9 heteroatoms. The van der Waals surface area contributed by atoms with Crippen LogP contribution < -0.4 is 0 Å². The van der Waals surface area contributed by atoms with E-state index >= 15 is 0 Å². The minimum Gasteiger partial charge on any atom is -0.147 e. The molecule has 0 aromatic heterocycles. The Kier molecular flexibility index (Phi) is 11.0. The van der Waals surface area contributed by atoms with Gasteiger partial charge in [0.1, 0.15) is 0 Å². The molecular formula is C46H48Cl2F6Hf. The van der Waals surface area contributed by atoms with Crippen molar-refractivity contribution >= 4 is 37.0 Å². The standard InChI is InChI=1S/2C20H18F3.C6H10.2ClH.Hf/c2*1-19(2,3)16-11-14-5-4-6-17(18(14)12-16)13-7-9-15(10-8-13)20(21,22)23;1-2-4-6-5-3-1;;;/h2*4-12H,1-3H3;1-2H,3-6H2;2*1H;. The quantitative estimate of drug-likeness (QED) is 0.141. The number of fused-ring (bicyclic) bond motifs is 3. The molecule has 4 aromatic carbocycles. The summed E-state index contributed by atoms with van der Waals surface area (Å²) in [7, 11) is 0. The second kappa shape index (κ2) is 14.3. The largest absolute Gasteiger partial charge is 0.147 e. The van der Waals surface area contributed by atoms with E-state index in [-0.39, 0.29) is 35.6 Å². The van der Waals surface area contributed by atoms with Gasteiger partial charge < -0.3 is 0 Å². The molecule has 55 heavy (non-hydrogen) atoms. The summed E-state index contributed by atoms with van der Waals surface area (Å²) in [5.74, 6) is 0. The molecule has 0 nitrogen and oxygen atoms in total. The second-order valence-corrected chi connectivity index (χ2v) is 34.5. The number of benzene rings is 4. The van der Waals surface area contributed by atoms with E-state index in [4.69, 9.17) is 0 Å². The fraction of sp³-hybridized carbons (Fsp3) is 0.391. The first kappa shape index (κ1) is 42.0. The molecule has 0 bridgehead atoms. The Balaban J connectivity index is 0.00000257. The summed E-state index contributed by atoms with van der Waals surface area (Å²) in [6.07, 6.45) is 1.000. The molecule has 0 amide bonds. The minimum atomic E-state index is -4.40. The van der Waals surface area contributed by atoms with Gasteiger partial charge in [0.05, 0.1) is 0 Å². The van der Waals surface area contributed by atoms with Crippen molar-refractivity contribution in [2.24, 2.45) is 10.8 Å². The molecule has 0 spiro atoms. The fourth-order valence-corrected chi connectivity index (χ4v) is 47.4. The van der Waals surface area contributed by atoms with Gasteiger partial charge in [0.2, 0.25) is 0 Å². The van der Waals surface area contributed by atoms with Crippen molar-refractivity contribution in [3.63, 3.8) is 0 Å². The van der Waals surface area contributed by atoms with Gasteiger partial charge in [-0.2, -0.15) is 0 Å². The number of hydrogen-bond donors (Lipinski definition) is 0. The molecule has 1 saturated carbocycles. The summed E-state index contributed by atoms with van der Waals surface area (Å²) in [5.41, 5.74) is 9.94. The third-order valence-electron chi connectivity index (χ3n) is 12.8. The number of rotatable bonds is 4. The molecule has 0 N–H and O–H groups in total. The van der Waals surface area contributed by atoms with Gasteiger partial charge in [0.25, 0.3) is 0 Å². The number of halogens is 8. The van der Waals surface area contributed by atoms with Gasteiger partial charge in [0.15, 0.2) is 0 Å². The number of allylic oxidation sites excluding steroid dienone is 2. The third-order valence-corrected chi connectivity index (χ3v) is 37.3. The molecule has 4 unspecified atom stereocenters. The zero-order chi connectivity index (χ0) is 37.9. The molecule has 1 heterocycles. The molecule has 4 aliphatic rings. The molecule has 4 aromatic rings. The van der Waals surface area contributed by atoms with Crippen LogP contribution in [0.4, 0.5) is 26.3 Å². The summed E-state index contributed by atoms with van der Waals surface area (Å²) in [6.45, 7) is 13.9. The van der Waals surface area contributed by atoms with Gasteiger partial charge in [0, 0.05) is 0 Å². The first-order valence-electron chi connectivity index (χ1n) is 18.9. The van der Waals surface area contributed by atoms with Gasteiger partial charge >= 0.3 is 315 Å². The molecule has 1 saturated heterocycles. The van der Waals surface area contributed by atoms with Gasteiger partial charge in [-0.25, -0.2) is 0 Å². The van der Waals surface area contributed by atoms with Crippen LogP contribution >= 0.6 is 24.8 Å². The van der Waals surface area contributed by atoms with E-state index in [1.54, 1.807) is 24.3 Å². The monoisotopic (exact) mass is 964 g/mol. The third kappa shape index (κ3) is 6.94. The van der Waals surface area contributed by atoms with Gasteiger partial charge in [-0.3, -0.25) is 0 Å². The summed E-state index contributed by atoms with van der Waals surface area (Å²) in [4.78, 5) is 0. The normalized spacial score (nSPS) is 24.4.